The summed E-state index contributed by atoms with van der Waals surface area (Å²) < 4.78 is 2.76. The van der Waals surface area contributed by atoms with Crippen molar-refractivity contribution in [3.05, 3.63) is 45.8 Å². The molecule has 0 atom stereocenters. The molecule has 1 aliphatic rings. The highest BCUT2D eigenvalue weighted by atomic mass is 32.1. The lowest BCUT2D eigenvalue weighted by atomic mass is 10.1. The van der Waals surface area contributed by atoms with Gasteiger partial charge in [-0.2, -0.15) is 5.06 Å². The number of hydrogen-bond donors (Lipinski definition) is 0. The van der Waals surface area contributed by atoms with Crippen LogP contribution in [0.2, 0.25) is 0 Å². The van der Waals surface area contributed by atoms with E-state index in [1.54, 1.807) is 23.0 Å². The van der Waals surface area contributed by atoms with Crippen LogP contribution in [0.3, 0.4) is 0 Å². The second-order valence-corrected chi connectivity index (χ2v) is 9.62. The molecule has 32 heavy (non-hydrogen) atoms. The van der Waals surface area contributed by atoms with Crippen LogP contribution in [-0.2, 0) is 18.4 Å². The second-order valence-electron chi connectivity index (χ2n) is 8.48. The van der Waals surface area contributed by atoms with Crippen LogP contribution >= 0.6 is 11.3 Å². The van der Waals surface area contributed by atoms with E-state index in [0.717, 1.165) is 79.1 Å². The van der Waals surface area contributed by atoms with Gasteiger partial charge >= 0.3 is 0 Å². The minimum Gasteiger partial charge on any atom is -0.360 e. The number of hydrogen-bond acceptors (Lipinski definition) is 7. The van der Waals surface area contributed by atoms with Crippen LogP contribution in [0.4, 0.5) is 5.82 Å². The number of aromatic nitrogens is 2. The third kappa shape index (κ3) is 4.88. The van der Waals surface area contributed by atoms with Gasteiger partial charge in [0.25, 0.3) is 5.56 Å². The van der Waals surface area contributed by atoms with Crippen LogP contribution < -0.4 is 10.5 Å². The van der Waals surface area contributed by atoms with Gasteiger partial charge in [0, 0.05) is 80.9 Å². The molecule has 0 aromatic carbocycles. The average Bonchev–Trinajstić information content (AvgIpc) is 3.24. The highest BCUT2D eigenvalue weighted by Gasteiger charge is 2.19. The van der Waals surface area contributed by atoms with Crippen LogP contribution in [0.15, 0.2) is 35.4 Å². The third-order valence-electron chi connectivity index (χ3n) is 6.16. The maximum atomic E-state index is 12.9. The number of aryl methyl sites for hydroxylation is 1. The smallest absolute Gasteiger partial charge is 0.259 e. The highest BCUT2D eigenvalue weighted by Crippen LogP contribution is 2.34. The fourth-order valence-corrected chi connectivity index (χ4v) is 5.40. The zero-order valence-corrected chi connectivity index (χ0v) is 20.3. The maximum Gasteiger partial charge on any atom is 0.259 e. The highest BCUT2D eigenvalue weighted by molar-refractivity contribution is 7.19. The Bertz CT molecular complexity index is 1120. The van der Waals surface area contributed by atoms with E-state index in [-0.39, 0.29) is 5.56 Å². The summed E-state index contributed by atoms with van der Waals surface area (Å²) in [7, 11) is 5.65. The Hall–Kier alpha value is -2.26. The molecule has 0 aliphatic carbocycles. The SMILES string of the molecule is CCCCN(C)c1cc(-c2cn(C)c(=O)c3cc(CN4CCN(OC)CC4)sc23)ccn1. The minimum atomic E-state index is 0.0600. The lowest BCUT2D eigenvalue weighted by Crippen LogP contribution is -2.45. The van der Waals surface area contributed by atoms with Crippen LogP contribution in [0, 0.1) is 0 Å². The number of pyridine rings is 2. The molecule has 0 saturated carbocycles. The molecule has 0 bridgehead atoms. The monoisotopic (exact) mass is 455 g/mol. The first-order chi connectivity index (χ1) is 15.5. The van der Waals surface area contributed by atoms with E-state index >= 15 is 0 Å². The number of hydroxylamine groups is 2. The largest absolute Gasteiger partial charge is 0.360 e. The minimum absolute atomic E-state index is 0.0600. The zero-order valence-electron chi connectivity index (χ0n) is 19.5. The van der Waals surface area contributed by atoms with Gasteiger partial charge in [-0.1, -0.05) is 13.3 Å². The van der Waals surface area contributed by atoms with Crippen molar-refractivity contribution in [3.63, 3.8) is 0 Å². The number of nitrogens with zero attached hydrogens (tertiary/aromatic N) is 5. The molecule has 7 nitrogen and oxygen atoms in total. The molecule has 4 heterocycles. The Labute approximate surface area is 193 Å². The van der Waals surface area contributed by atoms with Crippen LogP contribution in [-0.4, -0.2) is 66.4 Å². The molecule has 0 spiro atoms. The second kappa shape index (κ2) is 10.1. The number of piperazine rings is 1. The van der Waals surface area contributed by atoms with E-state index in [2.05, 4.69) is 40.9 Å². The van der Waals surface area contributed by atoms with Gasteiger partial charge in [0.05, 0.1) is 12.5 Å². The van der Waals surface area contributed by atoms with Crippen molar-refractivity contribution >= 4 is 27.2 Å². The van der Waals surface area contributed by atoms with Crippen LogP contribution in [0.1, 0.15) is 24.6 Å². The van der Waals surface area contributed by atoms with E-state index in [4.69, 9.17) is 4.84 Å². The Morgan fingerprint density at radius 1 is 1.22 bits per heavy atom. The fraction of sp³-hybridized carbons (Fsp3) is 0.500. The first kappa shape index (κ1) is 22.9. The summed E-state index contributed by atoms with van der Waals surface area (Å²) in [6.45, 7) is 7.77. The summed E-state index contributed by atoms with van der Waals surface area (Å²) in [6, 6.07) is 6.27. The lowest BCUT2D eigenvalue weighted by molar-refractivity contribution is -0.152. The molecule has 0 amide bonds. The summed E-state index contributed by atoms with van der Waals surface area (Å²) in [5.41, 5.74) is 2.25. The molecular weight excluding hydrogens is 422 g/mol. The molecule has 172 valence electrons. The Balaban J connectivity index is 1.65. The van der Waals surface area contributed by atoms with Crippen molar-refractivity contribution in [2.45, 2.75) is 26.3 Å². The third-order valence-corrected chi connectivity index (χ3v) is 7.32. The van der Waals surface area contributed by atoms with Crippen molar-refractivity contribution in [1.82, 2.24) is 19.5 Å². The first-order valence-corrected chi connectivity index (χ1v) is 12.1. The Morgan fingerprint density at radius 2 is 2.00 bits per heavy atom. The van der Waals surface area contributed by atoms with Gasteiger partial charge < -0.3 is 14.3 Å². The van der Waals surface area contributed by atoms with Gasteiger partial charge in [-0.3, -0.25) is 9.69 Å². The average molecular weight is 456 g/mol. The molecule has 3 aromatic rings. The predicted molar refractivity (Wildman–Crippen MR) is 132 cm³/mol. The lowest BCUT2D eigenvalue weighted by Gasteiger charge is -2.32. The van der Waals surface area contributed by atoms with Crippen LogP contribution in [0.5, 0.6) is 0 Å². The molecular formula is C24H33N5O2S. The standard InChI is InChI=1S/C24H33N5O2S/c1-5-6-9-26(2)22-14-18(7-8-25-22)21-17-27(3)24(30)20-15-19(32-23(20)21)16-28-10-12-29(31-4)13-11-28/h7-8,14-15,17H,5-6,9-13,16H2,1-4H3. The summed E-state index contributed by atoms with van der Waals surface area (Å²) in [6.07, 6.45) is 6.13. The summed E-state index contributed by atoms with van der Waals surface area (Å²) in [5, 5.41) is 2.80. The molecule has 0 unspecified atom stereocenters. The van der Waals surface area contributed by atoms with E-state index in [1.807, 2.05) is 30.6 Å². The zero-order chi connectivity index (χ0) is 22.7. The van der Waals surface area contributed by atoms with Gasteiger partial charge in [-0.15, -0.1) is 11.3 Å². The van der Waals surface area contributed by atoms with Crippen molar-refractivity contribution in [2.75, 3.05) is 51.8 Å². The number of fused-ring (bicyclic) bond motifs is 1. The van der Waals surface area contributed by atoms with Gasteiger partial charge in [-0.25, -0.2) is 4.98 Å². The number of anilines is 1. The van der Waals surface area contributed by atoms with Gasteiger partial charge in [-0.05, 0) is 30.2 Å². The maximum absolute atomic E-state index is 12.9. The van der Waals surface area contributed by atoms with Crippen LogP contribution in [0.25, 0.3) is 21.2 Å². The van der Waals surface area contributed by atoms with Crippen molar-refractivity contribution < 1.29 is 4.84 Å². The predicted octanol–water partition coefficient (Wildman–Crippen LogP) is 3.58. The number of thiophene rings is 1. The molecule has 3 aromatic heterocycles. The molecule has 1 saturated heterocycles. The molecule has 0 N–H and O–H groups in total. The van der Waals surface area contributed by atoms with Crippen molar-refractivity contribution in [2.24, 2.45) is 7.05 Å². The molecule has 8 heteroatoms. The normalized spacial score (nSPS) is 15.5. The summed E-state index contributed by atoms with van der Waals surface area (Å²) in [4.78, 5) is 28.7. The van der Waals surface area contributed by atoms with Crippen molar-refractivity contribution in [3.8, 4) is 11.1 Å². The fourth-order valence-electron chi connectivity index (χ4n) is 4.18. The van der Waals surface area contributed by atoms with Gasteiger partial charge in [0.2, 0.25) is 0 Å². The van der Waals surface area contributed by atoms with Crippen molar-refractivity contribution in [1.29, 1.82) is 0 Å². The van der Waals surface area contributed by atoms with E-state index < -0.39 is 0 Å². The van der Waals surface area contributed by atoms with Gasteiger partial charge in [0.1, 0.15) is 5.82 Å². The Morgan fingerprint density at radius 3 is 2.72 bits per heavy atom. The topological polar surface area (TPSA) is 53.8 Å². The number of rotatable bonds is 8. The number of unbranched alkanes of at least 4 members (excludes halogenated alkanes) is 1. The summed E-state index contributed by atoms with van der Waals surface area (Å²) >= 11 is 1.74. The quantitative estimate of drug-likeness (QED) is 0.518. The Kier molecular flexibility index (Phi) is 7.25. The summed E-state index contributed by atoms with van der Waals surface area (Å²) in [5.74, 6) is 0.964. The van der Waals surface area contributed by atoms with E-state index in [9.17, 15) is 4.79 Å². The molecule has 1 fully saturated rings. The van der Waals surface area contributed by atoms with E-state index in [1.165, 1.54) is 4.88 Å². The first-order valence-electron chi connectivity index (χ1n) is 11.3. The molecule has 0 radical (unpaired) electrons. The molecule has 1 aliphatic heterocycles. The van der Waals surface area contributed by atoms with Gasteiger partial charge in [0.15, 0.2) is 0 Å². The van der Waals surface area contributed by atoms with E-state index in [0.29, 0.717) is 0 Å². The molecule has 4 rings (SSSR count).